The summed E-state index contributed by atoms with van der Waals surface area (Å²) in [7, 11) is 0. The van der Waals surface area contributed by atoms with E-state index < -0.39 is 0 Å². The van der Waals surface area contributed by atoms with Crippen molar-refractivity contribution in [2.24, 2.45) is 10.4 Å². The first-order valence-corrected chi connectivity index (χ1v) is 8.40. The average molecular weight is 283 g/mol. The lowest BCUT2D eigenvalue weighted by Gasteiger charge is -2.38. The van der Waals surface area contributed by atoms with Crippen LogP contribution >= 0.6 is 11.8 Å². The molecule has 1 amide bonds. The van der Waals surface area contributed by atoms with Gasteiger partial charge in [0.05, 0.1) is 0 Å². The first kappa shape index (κ1) is 14.7. The molecule has 1 fully saturated rings. The summed E-state index contributed by atoms with van der Waals surface area (Å²) in [6.07, 6.45) is 7.35. The van der Waals surface area contributed by atoms with Crippen LogP contribution in [0.1, 0.15) is 45.4 Å². The minimum atomic E-state index is 0.111. The third-order valence-corrected chi connectivity index (χ3v) is 5.29. The number of carbonyl (C=O) groups is 1. The predicted octanol–water partition coefficient (Wildman–Crippen LogP) is 2.16. The molecule has 19 heavy (non-hydrogen) atoms. The van der Waals surface area contributed by atoms with Gasteiger partial charge in [-0.25, -0.2) is 0 Å². The average Bonchev–Trinajstić information content (AvgIpc) is 2.43. The highest BCUT2D eigenvalue weighted by Gasteiger charge is 2.34. The lowest BCUT2D eigenvalue weighted by molar-refractivity contribution is -0.120. The number of amides is 1. The molecule has 0 atom stereocenters. The van der Waals surface area contributed by atoms with Gasteiger partial charge in [-0.15, -0.1) is 0 Å². The van der Waals surface area contributed by atoms with E-state index in [2.05, 4.69) is 15.6 Å². The molecule has 4 nitrogen and oxygen atoms in total. The fourth-order valence-electron chi connectivity index (χ4n) is 2.83. The molecule has 2 N–H and O–H groups in total. The van der Waals surface area contributed by atoms with Crippen LogP contribution in [0, 0.1) is 5.41 Å². The van der Waals surface area contributed by atoms with E-state index >= 15 is 0 Å². The van der Waals surface area contributed by atoms with Crippen LogP contribution in [0.15, 0.2) is 4.99 Å². The maximum absolute atomic E-state index is 11.3. The van der Waals surface area contributed by atoms with E-state index in [9.17, 15) is 4.79 Å². The van der Waals surface area contributed by atoms with Crippen LogP contribution in [0.4, 0.5) is 0 Å². The van der Waals surface area contributed by atoms with E-state index in [1.54, 1.807) is 0 Å². The van der Waals surface area contributed by atoms with Gasteiger partial charge in [0.15, 0.2) is 5.17 Å². The van der Waals surface area contributed by atoms with E-state index in [0.717, 1.165) is 11.7 Å². The van der Waals surface area contributed by atoms with Crippen molar-refractivity contribution < 1.29 is 4.79 Å². The first-order valence-electron chi connectivity index (χ1n) is 7.42. The van der Waals surface area contributed by atoms with Crippen LogP contribution in [-0.2, 0) is 4.79 Å². The van der Waals surface area contributed by atoms with Crippen molar-refractivity contribution in [2.45, 2.75) is 45.4 Å². The summed E-state index contributed by atoms with van der Waals surface area (Å²) in [4.78, 5) is 16.0. The summed E-state index contributed by atoms with van der Waals surface area (Å²) < 4.78 is 0. The summed E-state index contributed by atoms with van der Waals surface area (Å²) in [5.41, 5.74) is 0.480. The second kappa shape index (κ2) is 7.17. The molecular weight excluding hydrogens is 258 g/mol. The van der Waals surface area contributed by atoms with E-state index in [4.69, 9.17) is 0 Å². The summed E-state index contributed by atoms with van der Waals surface area (Å²) >= 11 is 1.84. The molecule has 1 spiro atoms. The molecule has 0 aromatic carbocycles. The number of nitrogens with one attached hydrogen (secondary N) is 2. The molecule has 108 valence electrons. The summed E-state index contributed by atoms with van der Waals surface area (Å²) in [6.45, 7) is 4.31. The maximum Gasteiger partial charge on any atom is 0.221 e. The monoisotopic (exact) mass is 283 g/mol. The normalized spacial score (nSPS) is 21.8. The molecule has 1 aliphatic heterocycles. The number of thioether (sulfide) groups is 1. The Balaban J connectivity index is 1.70. The van der Waals surface area contributed by atoms with Crippen molar-refractivity contribution >= 4 is 22.8 Å². The van der Waals surface area contributed by atoms with E-state index in [1.165, 1.54) is 37.9 Å². The fraction of sp³-hybridized carbons (Fsp3) is 0.857. The highest BCUT2D eigenvalue weighted by atomic mass is 32.2. The number of rotatable bonds is 4. The van der Waals surface area contributed by atoms with Gasteiger partial charge in [-0.05, 0) is 25.2 Å². The molecule has 0 radical (unpaired) electrons. The van der Waals surface area contributed by atoms with Gasteiger partial charge in [-0.1, -0.05) is 31.0 Å². The van der Waals surface area contributed by atoms with Gasteiger partial charge in [-0.2, -0.15) is 0 Å². The van der Waals surface area contributed by atoms with Gasteiger partial charge in [0, 0.05) is 31.8 Å². The molecule has 0 saturated heterocycles. The Hall–Kier alpha value is -0.710. The Kier molecular flexibility index (Phi) is 5.55. The third kappa shape index (κ3) is 4.41. The van der Waals surface area contributed by atoms with Crippen molar-refractivity contribution in [3.8, 4) is 0 Å². The fourth-order valence-corrected chi connectivity index (χ4v) is 4.01. The van der Waals surface area contributed by atoms with Gasteiger partial charge in [-0.3, -0.25) is 9.79 Å². The van der Waals surface area contributed by atoms with Crippen LogP contribution in [0.5, 0.6) is 0 Å². The highest BCUT2D eigenvalue weighted by molar-refractivity contribution is 8.13. The SMILES string of the molecule is CCNC(=O)CCNC1=NCC2(CCCCC2)CS1. The van der Waals surface area contributed by atoms with Gasteiger partial charge in [0.25, 0.3) is 0 Å². The minimum Gasteiger partial charge on any atom is -0.364 e. The topological polar surface area (TPSA) is 53.5 Å². The zero-order valence-corrected chi connectivity index (χ0v) is 12.7. The lowest BCUT2D eigenvalue weighted by Crippen LogP contribution is -2.37. The molecule has 1 aliphatic carbocycles. The minimum absolute atomic E-state index is 0.111. The molecule has 1 saturated carbocycles. The van der Waals surface area contributed by atoms with Crippen LogP contribution < -0.4 is 10.6 Å². The smallest absolute Gasteiger partial charge is 0.221 e. The number of aliphatic imine (C=N–C) groups is 1. The van der Waals surface area contributed by atoms with Gasteiger partial charge in [0.2, 0.25) is 5.91 Å². The van der Waals surface area contributed by atoms with Crippen molar-refractivity contribution in [1.29, 1.82) is 0 Å². The zero-order valence-electron chi connectivity index (χ0n) is 11.8. The number of carbonyl (C=O) groups excluding carboxylic acids is 1. The number of hydrogen-bond acceptors (Lipinski definition) is 4. The van der Waals surface area contributed by atoms with Crippen LogP contribution in [0.25, 0.3) is 0 Å². The Morgan fingerprint density at radius 3 is 2.79 bits per heavy atom. The Morgan fingerprint density at radius 2 is 2.16 bits per heavy atom. The Morgan fingerprint density at radius 1 is 1.37 bits per heavy atom. The summed E-state index contributed by atoms with van der Waals surface area (Å²) in [6, 6.07) is 0. The Bertz CT molecular complexity index is 338. The largest absolute Gasteiger partial charge is 0.364 e. The molecule has 5 heteroatoms. The van der Waals surface area contributed by atoms with E-state index in [-0.39, 0.29) is 5.91 Å². The van der Waals surface area contributed by atoms with Gasteiger partial charge in [0.1, 0.15) is 0 Å². The molecule has 0 bridgehead atoms. The molecule has 0 aromatic rings. The molecule has 2 aliphatic rings. The lowest BCUT2D eigenvalue weighted by atomic mass is 9.75. The third-order valence-electron chi connectivity index (χ3n) is 3.99. The van der Waals surface area contributed by atoms with Gasteiger partial charge < -0.3 is 10.6 Å². The van der Waals surface area contributed by atoms with E-state index in [1.807, 2.05) is 18.7 Å². The van der Waals surface area contributed by atoms with Crippen LogP contribution in [-0.4, -0.2) is 36.5 Å². The van der Waals surface area contributed by atoms with Crippen molar-refractivity contribution in [3.63, 3.8) is 0 Å². The standard InChI is InChI=1S/C14H25N3OS/c1-2-15-12(18)6-9-16-13-17-10-14(11-19-13)7-4-3-5-8-14/h2-11H2,1H3,(H,15,18)(H,16,17). The predicted molar refractivity (Wildman–Crippen MR) is 81.6 cm³/mol. The molecule has 2 rings (SSSR count). The van der Waals surface area contributed by atoms with E-state index in [0.29, 0.717) is 24.9 Å². The number of amidine groups is 1. The maximum atomic E-state index is 11.3. The molecule has 0 aromatic heterocycles. The van der Waals surface area contributed by atoms with Crippen LogP contribution in [0.2, 0.25) is 0 Å². The second-order valence-electron chi connectivity index (χ2n) is 5.60. The molecule has 0 unspecified atom stereocenters. The second-order valence-corrected chi connectivity index (χ2v) is 6.57. The Labute approximate surface area is 120 Å². The molecule has 1 heterocycles. The van der Waals surface area contributed by atoms with Crippen molar-refractivity contribution in [1.82, 2.24) is 10.6 Å². The quantitative estimate of drug-likeness (QED) is 0.831. The molecular formula is C14H25N3OS. The summed E-state index contributed by atoms with van der Waals surface area (Å²) in [5, 5.41) is 7.12. The number of nitrogens with zero attached hydrogens (tertiary/aromatic N) is 1. The first-order chi connectivity index (χ1) is 9.24. The van der Waals surface area contributed by atoms with Crippen molar-refractivity contribution in [3.05, 3.63) is 0 Å². The van der Waals surface area contributed by atoms with Crippen molar-refractivity contribution in [2.75, 3.05) is 25.4 Å². The zero-order chi connectivity index (χ0) is 13.6. The summed E-state index contributed by atoms with van der Waals surface area (Å²) in [5.74, 6) is 1.31. The highest BCUT2D eigenvalue weighted by Crippen LogP contribution is 2.41. The van der Waals surface area contributed by atoms with Crippen LogP contribution in [0.3, 0.4) is 0 Å². The number of hydrogen-bond donors (Lipinski definition) is 2. The van der Waals surface area contributed by atoms with Gasteiger partial charge >= 0.3 is 0 Å².